The van der Waals surface area contributed by atoms with E-state index in [0.717, 1.165) is 6.42 Å². The molecule has 3 heteroatoms. The smallest absolute Gasteiger partial charge is 0.309 e. The van der Waals surface area contributed by atoms with Crippen molar-refractivity contribution < 1.29 is 9.53 Å². The van der Waals surface area contributed by atoms with Gasteiger partial charge in [-0.3, -0.25) is 4.79 Å². The topological polar surface area (TPSA) is 26.3 Å². The van der Waals surface area contributed by atoms with Crippen LogP contribution in [0.5, 0.6) is 0 Å². The number of carbonyl (C=O) groups excluding carboxylic acids is 1. The molecule has 1 fully saturated rings. The fourth-order valence-electron chi connectivity index (χ4n) is 1.21. The second-order valence-electron chi connectivity index (χ2n) is 5.07. The molecule has 0 N–H and O–H groups in total. The van der Waals surface area contributed by atoms with Crippen molar-refractivity contribution in [3.05, 3.63) is 0 Å². The molecule has 0 saturated heterocycles. The summed E-state index contributed by atoms with van der Waals surface area (Å²) < 4.78 is 5.07. The minimum atomic E-state index is -0.109. The Kier molecular flexibility index (Phi) is 2.77. The molecule has 0 amide bonds. The van der Waals surface area contributed by atoms with Gasteiger partial charge >= 0.3 is 5.97 Å². The summed E-state index contributed by atoms with van der Waals surface area (Å²) >= 11 is 3.43. The van der Waals surface area contributed by atoms with Crippen molar-refractivity contribution in [2.24, 2.45) is 11.3 Å². The first-order chi connectivity index (χ1) is 5.72. The monoisotopic (exact) mass is 248 g/mol. The van der Waals surface area contributed by atoms with E-state index in [9.17, 15) is 4.79 Å². The zero-order valence-electron chi connectivity index (χ0n) is 8.69. The van der Waals surface area contributed by atoms with Gasteiger partial charge in [0.25, 0.3) is 0 Å². The fraction of sp³-hybridized carbons (Fsp3) is 0.900. The van der Waals surface area contributed by atoms with Crippen molar-refractivity contribution in [3.63, 3.8) is 0 Å². The second-order valence-corrected chi connectivity index (χ2v) is 7.22. The van der Waals surface area contributed by atoms with E-state index in [1.165, 1.54) is 0 Å². The maximum atomic E-state index is 11.4. The van der Waals surface area contributed by atoms with Crippen molar-refractivity contribution >= 4 is 21.9 Å². The molecule has 76 valence electrons. The number of alkyl halides is 1. The summed E-state index contributed by atoms with van der Waals surface area (Å²) in [5.74, 6) is 0.0832. The van der Waals surface area contributed by atoms with E-state index < -0.39 is 0 Å². The molecule has 0 aliphatic heterocycles. The number of hydrogen-bond acceptors (Lipinski definition) is 2. The lowest BCUT2D eigenvalue weighted by atomic mass is 10.1. The highest BCUT2D eigenvalue weighted by Gasteiger charge is 2.51. The lowest BCUT2D eigenvalue weighted by Gasteiger charge is -2.16. The Morgan fingerprint density at radius 2 is 2.08 bits per heavy atom. The first-order valence-corrected chi connectivity index (χ1v) is 5.37. The van der Waals surface area contributed by atoms with Crippen LogP contribution < -0.4 is 0 Å². The highest BCUT2D eigenvalue weighted by molar-refractivity contribution is 9.10. The van der Waals surface area contributed by atoms with Crippen molar-refractivity contribution in [1.82, 2.24) is 0 Å². The van der Waals surface area contributed by atoms with E-state index in [0.29, 0.717) is 6.61 Å². The third kappa shape index (κ3) is 3.29. The molecule has 1 aliphatic rings. The van der Waals surface area contributed by atoms with Crippen LogP contribution in [0.3, 0.4) is 0 Å². The van der Waals surface area contributed by atoms with Gasteiger partial charge in [0.1, 0.15) is 6.61 Å². The second kappa shape index (κ2) is 3.26. The number of carbonyl (C=O) groups is 1. The van der Waals surface area contributed by atoms with Crippen LogP contribution in [0.15, 0.2) is 0 Å². The Balaban J connectivity index is 2.29. The third-order valence-corrected chi connectivity index (χ3v) is 2.58. The first-order valence-electron chi connectivity index (χ1n) is 4.58. The summed E-state index contributed by atoms with van der Waals surface area (Å²) in [5, 5.41) is 0. The molecule has 0 aromatic carbocycles. The molecule has 0 heterocycles. The molecule has 1 atom stereocenters. The molecular weight excluding hydrogens is 232 g/mol. The predicted octanol–water partition coefficient (Wildman–Crippen LogP) is 2.75. The first kappa shape index (κ1) is 11.0. The summed E-state index contributed by atoms with van der Waals surface area (Å²) in [7, 11) is 0. The molecule has 0 aromatic rings. The molecule has 2 nitrogen and oxygen atoms in total. The van der Waals surface area contributed by atoms with E-state index in [2.05, 4.69) is 29.8 Å². The molecule has 0 spiro atoms. The predicted molar refractivity (Wildman–Crippen MR) is 55.9 cm³/mol. The molecule has 0 aromatic heterocycles. The molecule has 13 heavy (non-hydrogen) atoms. The standard InChI is InChI=1S/C10H17BrO2/c1-9(2)5-7(9)8(12)13-6-10(3,4)11/h7H,5-6H2,1-4H3. The van der Waals surface area contributed by atoms with Crippen LogP contribution in [-0.2, 0) is 9.53 Å². The Bertz CT molecular complexity index is 215. The molecule has 1 aliphatic carbocycles. The van der Waals surface area contributed by atoms with Gasteiger partial charge in [-0.25, -0.2) is 0 Å². The van der Waals surface area contributed by atoms with Gasteiger partial charge in [0.2, 0.25) is 0 Å². The maximum absolute atomic E-state index is 11.4. The largest absolute Gasteiger partial charge is 0.464 e. The summed E-state index contributed by atoms with van der Waals surface area (Å²) in [4.78, 5) is 11.4. The third-order valence-electron chi connectivity index (χ3n) is 2.36. The minimum absolute atomic E-state index is 0.0440. The van der Waals surface area contributed by atoms with E-state index in [1.807, 2.05) is 13.8 Å². The van der Waals surface area contributed by atoms with Crippen molar-refractivity contribution in [3.8, 4) is 0 Å². The van der Waals surface area contributed by atoms with Crippen LogP contribution in [0, 0.1) is 11.3 Å². The molecule has 1 unspecified atom stereocenters. The van der Waals surface area contributed by atoms with Crippen molar-refractivity contribution in [2.75, 3.05) is 6.61 Å². The summed E-state index contributed by atoms with van der Waals surface area (Å²) in [6.45, 7) is 8.60. The highest BCUT2D eigenvalue weighted by atomic mass is 79.9. The Morgan fingerprint density at radius 3 is 2.38 bits per heavy atom. The van der Waals surface area contributed by atoms with E-state index in [4.69, 9.17) is 4.74 Å². The van der Waals surface area contributed by atoms with Gasteiger partial charge in [-0.2, -0.15) is 0 Å². The van der Waals surface area contributed by atoms with Crippen LogP contribution in [0.2, 0.25) is 0 Å². The van der Waals surface area contributed by atoms with Crippen molar-refractivity contribution in [2.45, 2.75) is 38.4 Å². The van der Waals surface area contributed by atoms with Gasteiger partial charge < -0.3 is 4.74 Å². The zero-order chi connectivity index (χ0) is 10.3. The molecule has 1 saturated carbocycles. The lowest BCUT2D eigenvalue weighted by molar-refractivity contribution is -0.146. The van der Waals surface area contributed by atoms with Gasteiger partial charge in [0, 0.05) is 0 Å². The van der Waals surface area contributed by atoms with Gasteiger partial charge in [0.05, 0.1) is 10.2 Å². The number of hydrogen-bond donors (Lipinski definition) is 0. The summed E-state index contributed by atoms with van der Waals surface area (Å²) in [6.07, 6.45) is 0.967. The number of rotatable bonds is 3. The van der Waals surface area contributed by atoms with Crippen LogP contribution >= 0.6 is 15.9 Å². The van der Waals surface area contributed by atoms with E-state index >= 15 is 0 Å². The molecule has 0 radical (unpaired) electrons. The fourth-order valence-corrected chi connectivity index (χ4v) is 1.33. The normalized spacial score (nSPS) is 25.5. The highest BCUT2D eigenvalue weighted by Crippen LogP contribution is 2.52. The quantitative estimate of drug-likeness (QED) is 0.567. The van der Waals surface area contributed by atoms with Gasteiger partial charge in [-0.15, -0.1) is 0 Å². The SMILES string of the molecule is CC(C)(Br)COC(=O)C1CC1(C)C. The van der Waals surface area contributed by atoms with Gasteiger partial charge in [-0.05, 0) is 25.7 Å². The van der Waals surface area contributed by atoms with E-state index in [1.54, 1.807) is 0 Å². The lowest BCUT2D eigenvalue weighted by Crippen LogP contribution is -2.23. The Labute approximate surface area is 88.2 Å². The van der Waals surface area contributed by atoms with Gasteiger partial charge in [-0.1, -0.05) is 29.8 Å². The number of ether oxygens (including phenoxy) is 1. The van der Waals surface area contributed by atoms with Crippen LogP contribution in [0.4, 0.5) is 0 Å². The van der Waals surface area contributed by atoms with Crippen LogP contribution in [-0.4, -0.2) is 16.9 Å². The average Bonchev–Trinajstić information content (AvgIpc) is 2.53. The van der Waals surface area contributed by atoms with Crippen LogP contribution in [0.1, 0.15) is 34.1 Å². The van der Waals surface area contributed by atoms with Crippen molar-refractivity contribution in [1.29, 1.82) is 0 Å². The molecule has 0 bridgehead atoms. The van der Waals surface area contributed by atoms with Gasteiger partial charge in [0.15, 0.2) is 0 Å². The van der Waals surface area contributed by atoms with E-state index in [-0.39, 0.29) is 21.6 Å². The van der Waals surface area contributed by atoms with Crippen LogP contribution in [0.25, 0.3) is 0 Å². The average molecular weight is 249 g/mol. The maximum Gasteiger partial charge on any atom is 0.309 e. The summed E-state index contributed by atoms with van der Waals surface area (Å²) in [5.41, 5.74) is 0.174. The minimum Gasteiger partial charge on any atom is -0.464 e. The molecule has 1 rings (SSSR count). The Morgan fingerprint density at radius 1 is 1.62 bits per heavy atom. The summed E-state index contributed by atoms with van der Waals surface area (Å²) in [6, 6.07) is 0. The Hall–Kier alpha value is -0.0500. The molecular formula is C10H17BrO2. The number of halogens is 1. The zero-order valence-corrected chi connectivity index (χ0v) is 10.3. The number of esters is 1.